The first-order valence-electron chi connectivity index (χ1n) is 6.52. The number of hydrogen-bond acceptors (Lipinski definition) is 2. The van der Waals surface area contributed by atoms with Crippen molar-refractivity contribution in [2.45, 2.75) is 31.5 Å². The molecule has 0 heterocycles. The first-order chi connectivity index (χ1) is 8.46. The van der Waals surface area contributed by atoms with E-state index >= 15 is 0 Å². The van der Waals surface area contributed by atoms with Crippen LogP contribution in [0.1, 0.15) is 19.3 Å². The standard InChI is InChI=1S/C12H17F3N2O/c13-12(14,15)5-17-8(18)4-16-11-9-6-1-2-7(3-6)10(9)11/h6-7,9-11,16H,1-5H2,(H,17,18). The van der Waals surface area contributed by atoms with Gasteiger partial charge in [-0.25, -0.2) is 0 Å². The monoisotopic (exact) mass is 262 g/mol. The van der Waals surface area contributed by atoms with Crippen LogP contribution in [0.25, 0.3) is 0 Å². The van der Waals surface area contributed by atoms with Crippen LogP contribution in [-0.2, 0) is 4.79 Å². The lowest BCUT2D eigenvalue weighted by Crippen LogP contribution is -2.40. The third-order valence-corrected chi connectivity index (χ3v) is 4.72. The van der Waals surface area contributed by atoms with Crippen molar-refractivity contribution in [3.05, 3.63) is 0 Å². The predicted octanol–water partition coefficient (Wildman–Crippen LogP) is 1.30. The van der Waals surface area contributed by atoms with Gasteiger partial charge < -0.3 is 10.6 Å². The van der Waals surface area contributed by atoms with E-state index < -0.39 is 18.6 Å². The van der Waals surface area contributed by atoms with E-state index in [1.165, 1.54) is 19.3 Å². The molecule has 3 aliphatic carbocycles. The van der Waals surface area contributed by atoms with Crippen LogP contribution in [0.15, 0.2) is 0 Å². The summed E-state index contributed by atoms with van der Waals surface area (Å²) >= 11 is 0. The molecule has 2 N–H and O–H groups in total. The highest BCUT2D eigenvalue weighted by atomic mass is 19.4. The first-order valence-corrected chi connectivity index (χ1v) is 6.52. The molecule has 4 atom stereocenters. The summed E-state index contributed by atoms with van der Waals surface area (Å²) in [5.74, 6) is 2.43. The Bertz CT molecular complexity index is 342. The Kier molecular flexibility index (Phi) is 2.80. The molecule has 3 aliphatic rings. The zero-order valence-electron chi connectivity index (χ0n) is 9.96. The summed E-state index contributed by atoms with van der Waals surface area (Å²) in [4.78, 5) is 11.2. The second kappa shape index (κ2) is 4.11. The summed E-state index contributed by atoms with van der Waals surface area (Å²) in [6.45, 7) is -1.23. The number of nitrogens with one attached hydrogen (secondary N) is 2. The SMILES string of the molecule is O=C(CNC1C2C3CCC(C3)C12)NCC(F)(F)F. The second-order valence-corrected chi connectivity index (χ2v) is 5.79. The Labute approximate surface area is 103 Å². The Morgan fingerprint density at radius 2 is 1.78 bits per heavy atom. The van der Waals surface area contributed by atoms with Crippen LogP contribution in [0.5, 0.6) is 0 Å². The van der Waals surface area contributed by atoms with Gasteiger partial charge in [0.2, 0.25) is 5.91 Å². The highest BCUT2D eigenvalue weighted by Gasteiger charge is 2.64. The number of alkyl halides is 3. The van der Waals surface area contributed by atoms with E-state index in [4.69, 9.17) is 0 Å². The van der Waals surface area contributed by atoms with E-state index in [0.29, 0.717) is 17.9 Å². The summed E-state index contributed by atoms with van der Waals surface area (Å²) in [7, 11) is 0. The van der Waals surface area contributed by atoms with Gasteiger partial charge >= 0.3 is 6.18 Å². The molecule has 3 nitrogen and oxygen atoms in total. The molecule has 0 aromatic carbocycles. The maximum atomic E-state index is 11.9. The number of halogens is 3. The number of rotatable bonds is 4. The number of fused-ring (bicyclic) bond motifs is 5. The van der Waals surface area contributed by atoms with E-state index in [9.17, 15) is 18.0 Å². The first kappa shape index (κ1) is 12.3. The van der Waals surface area contributed by atoms with Gasteiger partial charge in [0.05, 0.1) is 6.54 Å². The molecule has 3 fully saturated rings. The Balaban J connectivity index is 1.37. The molecule has 6 heteroatoms. The van der Waals surface area contributed by atoms with Gasteiger partial charge in [0.25, 0.3) is 0 Å². The number of hydrogen-bond donors (Lipinski definition) is 2. The van der Waals surface area contributed by atoms with Gasteiger partial charge in [-0.3, -0.25) is 4.79 Å². The zero-order valence-corrected chi connectivity index (χ0v) is 9.96. The fourth-order valence-corrected chi connectivity index (χ4v) is 4.07. The Hall–Kier alpha value is -0.780. The topological polar surface area (TPSA) is 41.1 Å². The van der Waals surface area contributed by atoms with Crippen molar-refractivity contribution in [1.29, 1.82) is 0 Å². The average Bonchev–Trinajstić information content (AvgIpc) is 2.67. The second-order valence-electron chi connectivity index (χ2n) is 5.79. The van der Waals surface area contributed by atoms with Crippen molar-refractivity contribution < 1.29 is 18.0 Å². The molecule has 3 saturated carbocycles. The minimum absolute atomic E-state index is 0.00713. The summed E-state index contributed by atoms with van der Waals surface area (Å²) in [5, 5.41) is 5.00. The van der Waals surface area contributed by atoms with Gasteiger partial charge in [-0.2, -0.15) is 13.2 Å². The van der Waals surface area contributed by atoms with Crippen LogP contribution in [0, 0.1) is 23.7 Å². The molecule has 1 amide bonds. The number of carbonyl (C=O) groups excluding carboxylic acids is 1. The molecule has 102 valence electrons. The van der Waals surface area contributed by atoms with Crippen LogP contribution in [-0.4, -0.2) is 31.2 Å². The normalized spacial score (nSPS) is 40.7. The molecule has 0 aliphatic heterocycles. The molecule has 4 unspecified atom stereocenters. The van der Waals surface area contributed by atoms with Crippen LogP contribution < -0.4 is 10.6 Å². The van der Waals surface area contributed by atoms with Crippen LogP contribution in [0.3, 0.4) is 0 Å². The highest BCUT2D eigenvalue weighted by Crippen LogP contribution is 2.65. The summed E-state index contributed by atoms with van der Waals surface area (Å²) in [5.41, 5.74) is 0. The van der Waals surface area contributed by atoms with E-state index in [2.05, 4.69) is 5.32 Å². The summed E-state index contributed by atoms with van der Waals surface area (Å²) < 4.78 is 35.7. The van der Waals surface area contributed by atoms with Gasteiger partial charge in [0, 0.05) is 6.04 Å². The molecule has 0 aromatic heterocycles. The third-order valence-electron chi connectivity index (χ3n) is 4.72. The van der Waals surface area contributed by atoms with E-state index in [1.54, 1.807) is 0 Å². The van der Waals surface area contributed by atoms with Crippen molar-refractivity contribution in [1.82, 2.24) is 10.6 Å². The minimum Gasteiger partial charge on any atom is -0.346 e. The lowest BCUT2D eigenvalue weighted by Gasteiger charge is -2.11. The van der Waals surface area contributed by atoms with Gasteiger partial charge in [-0.05, 0) is 42.9 Å². The van der Waals surface area contributed by atoms with Gasteiger partial charge in [-0.15, -0.1) is 0 Å². The predicted molar refractivity (Wildman–Crippen MR) is 58.7 cm³/mol. The number of amides is 1. The van der Waals surface area contributed by atoms with Crippen LogP contribution in [0.4, 0.5) is 13.2 Å². The van der Waals surface area contributed by atoms with Crippen molar-refractivity contribution in [3.8, 4) is 0 Å². The maximum absolute atomic E-state index is 11.9. The van der Waals surface area contributed by atoms with Crippen molar-refractivity contribution in [2.24, 2.45) is 23.7 Å². The fraction of sp³-hybridized carbons (Fsp3) is 0.917. The van der Waals surface area contributed by atoms with Crippen LogP contribution in [0.2, 0.25) is 0 Å². The molecule has 2 bridgehead atoms. The third kappa shape index (κ3) is 2.22. The van der Waals surface area contributed by atoms with E-state index in [1.807, 2.05) is 5.32 Å². The quantitative estimate of drug-likeness (QED) is 0.802. The van der Waals surface area contributed by atoms with E-state index in [-0.39, 0.29) is 6.54 Å². The van der Waals surface area contributed by atoms with Crippen molar-refractivity contribution >= 4 is 5.91 Å². The van der Waals surface area contributed by atoms with Gasteiger partial charge in [0.1, 0.15) is 6.54 Å². The lowest BCUT2D eigenvalue weighted by atomic mass is 10.0. The Morgan fingerprint density at radius 1 is 1.17 bits per heavy atom. The molecule has 18 heavy (non-hydrogen) atoms. The van der Waals surface area contributed by atoms with Gasteiger partial charge in [0.15, 0.2) is 0 Å². The highest BCUT2D eigenvalue weighted by molar-refractivity contribution is 5.78. The van der Waals surface area contributed by atoms with E-state index in [0.717, 1.165) is 11.8 Å². The molecular formula is C12H17F3N2O. The zero-order chi connectivity index (χ0) is 12.9. The molecular weight excluding hydrogens is 245 g/mol. The summed E-state index contributed by atoms with van der Waals surface area (Å²) in [6.07, 6.45) is -0.410. The largest absolute Gasteiger partial charge is 0.405 e. The average molecular weight is 262 g/mol. The molecule has 0 aromatic rings. The Morgan fingerprint density at radius 3 is 2.33 bits per heavy atom. The molecule has 0 radical (unpaired) electrons. The summed E-state index contributed by atoms with van der Waals surface area (Å²) in [6, 6.07) is 0.382. The van der Waals surface area contributed by atoms with Crippen molar-refractivity contribution in [2.75, 3.05) is 13.1 Å². The molecule has 3 rings (SSSR count). The number of carbonyl (C=O) groups is 1. The fourth-order valence-electron chi connectivity index (χ4n) is 4.07. The minimum atomic E-state index is -4.33. The molecule has 0 saturated heterocycles. The maximum Gasteiger partial charge on any atom is 0.405 e. The smallest absolute Gasteiger partial charge is 0.346 e. The lowest BCUT2D eigenvalue weighted by molar-refractivity contribution is -0.137. The van der Waals surface area contributed by atoms with Crippen LogP contribution >= 0.6 is 0 Å². The van der Waals surface area contributed by atoms with Gasteiger partial charge in [-0.1, -0.05) is 0 Å². The van der Waals surface area contributed by atoms with Crippen molar-refractivity contribution in [3.63, 3.8) is 0 Å². The molecule has 0 spiro atoms.